The molecule has 0 aromatic carbocycles. The Balaban J connectivity index is 2.23. The maximum absolute atomic E-state index is 10.6. The van der Waals surface area contributed by atoms with Gasteiger partial charge in [-0.1, -0.05) is 13.8 Å². The molecule has 1 aliphatic rings. The molecule has 3 nitrogen and oxygen atoms in total. The lowest BCUT2D eigenvalue weighted by Crippen LogP contribution is -2.27. The molecule has 0 aliphatic carbocycles. The molecule has 0 aromatic heterocycles. The molecular formula is C10H19NO2. The number of carbonyl (C=O) groups excluding carboxylic acids is 1. The van der Waals surface area contributed by atoms with E-state index in [2.05, 4.69) is 4.90 Å². The van der Waals surface area contributed by atoms with Gasteiger partial charge in [0.1, 0.15) is 6.29 Å². The number of aliphatic hydroxyl groups is 1. The van der Waals surface area contributed by atoms with Crippen molar-refractivity contribution in [3.8, 4) is 0 Å². The first-order valence-corrected chi connectivity index (χ1v) is 4.90. The van der Waals surface area contributed by atoms with E-state index in [1.165, 1.54) is 0 Å². The van der Waals surface area contributed by atoms with Crippen molar-refractivity contribution in [2.75, 3.05) is 19.6 Å². The fourth-order valence-electron chi connectivity index (χ4n) is 1.52. The van der Waals surface area contributed by atoms with Crippen LogP contribution in [0.2, 0.25) is 0 Å². The van der Waals surface area contributed by atoms with E-state index in [9.17, 15) is 9.90 Å². The van der Waals surface area contributed by atoms with Gasteiger partial charge in [0.2, 0.25) is 0 Å². The Morgan fingerprint density at radius 3 is 2.77 bits per heavy atom. The van der Waals surface area contributed by atoms with E-state index in [0.29, 0.717) is 0 Å². The molecule has 76 valence electrons. The Morgan fingerprint density at radius 2 is 2.31 bits per heavy atom. The van der Waals surface area contributed by atoms with Crippen molar-refractivity contribution in [3.05, 3.63) is 0 Å². The molecular weight excluding hydrogens is 166 g/mol. The Morgan fingerprint density at radius 1 is 1.62 bits per heavy atom. The van der Waals surface area contributed by atoms with E-state index in [4.69, 9.17) is 0 Å². The minimum atomic E-state index is -0.215. The molecule has 1 N–H and O–H groups in total. The molecule has 0 spiro atoms. The first kappa shape index (κ1) is 10.7. The van der Waals surface area contributed by atoms with E-state index >= 15 is 0 Å². The van der Waals surface area contributed by atoms with Gasteiger partial charge in [-0.25, -0.2) is 0 Å². The highest BCUT2D eigenvalue weighted by molar-refractivity contribution is 5.57. The fourth-order valence-corrected chi connectivity index (χ4v) is 1.52. The van der Waals surface area contributed by atoms with Crippen LogP contribution >= 0.6 is 0 Å². The predicted molar refractivity (Wildman–Crippen MR) is 51.5 cm³/mol. The number of aliphatic hydroxyl groups excluding tert-OH is 1. The highest BCUT2D eigenvalue weighted by Crippen LogP contribution is 2.19. The molecule has 1 unspecified atom stereocenters. The average molecular weight is 185 g/mol. The highest BCUT2D eigenvalue weighted by Gasteiger charge is 2.23. The Kier molecular flexibility index (Phi) is 3.45. The summed E-state index contributed by atoms with van der Waals surface area (Å²) in [4.78, 5) is 12.8. The van der Waals surface area contributed by atoms with Crippen molar-refractivity contribution in [2.24, 2.45) is 5.41 Å². The summed E-state index contributed by atoms with van der Waals surface area (Å²) >= 11 is 0. The van der Waals surface area contributed by atoms with Gasteiger partial charge in [-0.2, -0.15) is 0 Å². The van der Waals surface area contributed by atoms with Crippen LogP contribution in [0.1, 0.15) is 26.7 Å². The van der Waals surface area contributed by atoms with Crippen molar-refractivity contribution in [2.45, 2.75) is 32.8 Å². The minimum absolute atomic E-state index is 0.153. The zero-order valence-electron chi connectivity index (χ0n) is 8.49. The number of aldehydes is 1. The first-order chi connectivity index (χ1) is 6.03. The second-order valence-electron chi connectivity index (χ2n) is 4.60. The molecule has 3 heteroatoms. The molecule has 1 fully saturated rings. The summed E-state index contributed by atoms with van der Waals surface area (Å²) in [7, 11) is 0. The van der Waals surface area contributed by atoms with Crippen LogP contribution in [0.5, 0.6) is 0 Å². The van der Waals surface area contributed by atoms with Crippen LogP contribution in [0.25, 0.3) is 0 Å². The number of hydrogen-bond acceptors (Lipinski definition) is 3. The van der Waals surface area contributed by atoms with Crippen LogP contribution in [0, 0.1) is 5.41 Å². The van der Waals surface area contributed by atoms with Gasteiger partial charge < -0.3 is 14.8 Å². The smallest absolute Gasteiger partial charge is 0.125 e. The minimum Gasteiger partial charge on any atom is -0.392 e. The number of hydrogen-bond donors (Lipinski definition) is 1. The van der Waals surface area contributed by atoms with Crippen molar-refractivity contribution in [3.63, 3.8) is 0 Å². The van der Waals surface area contributed by atoms with Crippen LogP contribution in [-0.4, -0.2) is 42.0 Å². The zero-order valence-corrected chi connectivity index (χ0v) is 8.49. The molecule has 0 amide bonds. The fraction of sp³-hybridized carbons (Fsp3) is 0.900. The van der Waals surface area contributed by atoms with Crippen LogP contribution in [-0.2, 0) is 4.79 Å². The topological polar surface area (TPSA) is 40.5 Å². The van der Waals surface area contributed by atoms with Crippen molar-refractivity contribution in [1.82, 2.24) is 4.90 Å². The lowest BCUT2D eigenvalue weighted by Gasteiger charge is -2.21. The van der Waals surface area contributed by atoms with Crippen LogP contribution in [0.4, 0.5) is 0 Å². The van der Waals surface area contributed by atoms with Crippen LogP contribution < -0.4 is 0 Å². The quantitative estimate of drug-likeness (QED) is 0.654. The summed E-state index contributed by atoms with van der Waals surface area (Å²) < 4.78 is 0. The number of carbonyl (C=O) groups is 1. The lowest BCUT2D eigenvalue weighted by molar-refractivity contribution is -0.115. The molecule has 0 bridgehead atoms. The SMILES string of the molecule is CC(C)(C=O)CCN1CCC(O)C1. The monoisotopic (exact) mass is 185 g/mol. The molecule has 1 heterocycles. The summed E-state index contributed by atoms with van der Waals surface area (Å²) in [6, 6.07) is 0. The predicted octanol–water partition coefficient (Wildman–Crippen LogP) is 0.668. The summed E-state index contributed by atoms with van der Waals surface area (Å²) in [6.07, 6.45) is 2.61. The van der Waals surface area contributed by atoms with Crippen molar-refractivity contribution >= 4 is 6.29 Å². The summed E-state index contributed by atoms with van der Waals surface area (Å²) in [5.74, 6) is 0. The largest absolute Gasteiger partial charge is 0.392 e. The van der Waals surface area contributed by atoms with Gasteiger partial charge in [-0.15, -0.1) is 0 Å². The first-order valence-electron chi connectivity index (χ1n) is 4.90. The van der Waals surface area contributed by atoms with Crippen LogP contribution in [0.3, 0.4) is 0 Å². The van der Waals surface area contributed by atoms with E-state index in [1.807, 2.05) is 13.8 Å². The zero-order chi connectivity index (χ0) is 9.90. The van der Waals surface area contributed by atoms with Crippen molar-refractivity contribution in [1.29, 1.82) is 0 Å². The summed E-state index contributed by atoms with van der Waals surface area (Å²) in [5, 5.41) is 9.28. The van der Waals surface area contributed by atoms with E-state index in [0.717, 1.165) is 38.8 Å². The molecule has 1 atom stereocenters. The van der Waals surface area contributed by atoms with Gasteiger partial charge in [0, 0.05) is 18.5 Å². The van der Waals surface area contributed by atoms with E-state index in [-0.39, 0.29) is 11.5 Å². The third-order valence-electron chi connectivity index (χ3n) is 2.64. The van der Waals surface area contributed by atoms with Crippen LogP contribution in [0.15, 0.2) is 0 Å². The Labute approximate surface area is 79.7 Å². The lowest BCUT2D eigenvalue weighted by atomic mass is 9.91. The van der Waals surface area contributed by atoms with Gasteiger partial charge in [0.05, 0.1) is 6.10 Å². The van der Waals surface area contributed by atoms with Gasteiger partial charge in [-0.05, 0) is 19.4 Å². The molecule has 0 saturated carbocycles. The number of nitrogens with zero attached hydrogens (tertiary/aromatic N) is 1. The van der Waals surface area contributed by atoms with E-state index in [1.54, 1.807) is 0 Å². The Bertz CT molecular complexity index is 180. The molecule has 1 saturated heterocycles. The van der Waals surface area contributed by atoms with Gasteiger partial charge in [0.25, 0.3) is 0 Å². The Hall–Kier alpha value is -0.410. The second-order valence-corrected chi connectivity index (χ2v) is 4.60. The molecule has 1 rings (SSSR count). The number of rotatable bonds is 4. The van der Waals surface area contributed by atoms with Gasteiger partial charge >= 0.3 is 0 Å². The molecule has 0 radical (unpaired) electrons. The summed E-state index contributed by atoms with van der Waals surface area (Å²) in [5.41, 5.74) is -0.215. The number of β-amino-alcohol motifs (C(OH)–C–C–N with tert-alkyl or cyclic N) is 1. The highest BCUT2D eigenvalue weighted by atomic mass is 16.3. The van der Waals surface area contributed by atoms with E-state index < -0.39 is 0 Å². The molecule has 13 heavy (non-hydrogen) atoms. The third-order valence-corrected chi connectivity index (χ3v) is 2.64. The average Bonchev–Trinajstić information content (AvgIpc) is 2.48. The number of likely N-dealkylation sites (tertiary alicyclic amines) is 1. The molecule has 1 aliphatic heterocycles. The normalized spacial score (nSPS) is 25.0. The standard InChI is InChI=1S/C10H19NO2/c1-10(2,8-12)4-6-11-5-3-9(13)7-11/h8-9,13H,3-7H2,1-2H3. The van der Waals surface area contributed by atoms with Gasteiger partial charge in [0.15, 0.2) is 0 Å². The second kappa shape index (κ2) is 4.20. The maximum atomic E-state index is 10.6. The third kappa shape index (κ3) is 3.44. The van der Waals surface area contributed by atoms with Crippen molar-refractivity contribution < 1.29 is 9.90 Å². The molecule has 0 aromatic rings. The van der Waals surface area contributed by atoms with Gasteiger partial charge in [-0.3, -0.25) is 0 Å². The maximum Gasteiger partial charge on any atom is 0.125 e. The summed E-state index contributed by atoms with van der Waals surface area (Å²) in [6.45, 7) is 6.56.